The van der Waals surface area contributed by atoms with Crippen molar-refractivity contribution in [3.05, 3.63) is 53.5 Å². The van der Waals surface area contributed by atoms with Gasteiger partial charge >= 0.3 is 0 Å². The van der Waals surface area contributed by atoms with Gasteiger partial charge in [-0.2, -0.15) is 0 Å². The van der Waals surface area contributed by atoms with Crippen LogP contribution in [-0.2, 0) is 6.42 Å². The molecule has 2 rings (SSSR count). The Bertz CT molecular complexity index is 358. The van der Waals surface area contributed by atoms with Gasteiger partial charge in [0.1, 0.15) is 0 Å². The summed E-state index contributed by atoms with van der Waals surface area (Å²) in [5, 5.41) is 0. The minimum Gasteiger partial charge on any atom is -0.102 e. The van der Waals surface area contributed by atoms with Crippen LogP contribution >= 0.6 is 0 Å². The Morgan fingerprint density at radius 2 is 2.13 bits per heavy atom. The fourth-order valence-corrected chi connectivity index (χ4v) is 1.92. The summed E-state index contributed by atoms with van der Waals surface area (Å²) in [5.41, 5.74) is 4.34. The Kier molecular flexibility index (Phi) is 2.95. The molecule has 0 heterocycles. The normalized spacial score (nSPS) is 15.7. The van der Waals surface area contributed by atoms with E-state index < -0.39 is 0 Å². The summed E-state index contributed by atoms with van der Waals surface area (Å²) in [4.78, 5) is 0. The Labute approximate surface area is 93.0 Å². The highest BCUT2D eigenvalue weighted by Crippen LogP contribution is 2.41. The van der Waals surface area contributed by atoms with Gasteiger partial charge in [-0.3, -0.25) is 0 Å². The third-order valence-corrected chi connectivity index (χ3v) is 3.23. The molecule has 79 valence electrons. The lowest BCUT2D eigenvalue weighted by molar-refractivity contribution is 1.06. The predicted molar refractivity (Wildman–Crippen MR) is 66.0 cm³/mol. The van der Waals surface area contributed by atoms with Gasteiger partial charge in [-0.1, -0.05) is 38.1 Å². The largest absolute Gasteiger partial charge is 0.102 e. The molecule has 1 fully saturated rings. The topological polar surface area (TPSA) is 0 Å². The Morgan fingerprint density at radius 1 is 1.40 bits per heavy atom. The van der Waals surface area contributed by atoms with Crippen molar-refractivity contribution in [1.29, 1.82) is 0 Å². The van der Waals surface area contributed by atoms with Gasteiger partial charge in [-0.05, 0) is 41.9 Å². The van der Waals surface area contributed by atoms with Crippen molar-refractivity contribution in [2.75, 3.05) is 0 Å². The molecule has 0 atom stereocenters. The van der Waals surface area contributed by atoms with E-state index in [1.165, 1.54) is 35.4 Å². The summed E-state index contributed by atoms with van der Waals surface area (Å²) in [5.74, 6) is 2.13. The van der Waals surface area contributed by atoms with E-state index in [2.05, 4.69) is 38.6 Å². The average molecular weight is 199 g/mol. The van der Waals surface area contributed by atoms with Gasteiger partial charge in [0.05, 0.1) is 0 Å². The molecule has 0 nitrogen and oxygen atoms in total. The molecule has 0 unspecified atom stereocenters. The predicted octanol–water partition coefficient (Wildman–Crippen LogP) is 4.25. The Morgan fingerprint density at radius 3 is 2.67 bits per heavy atom. The minimum atomic E-state index is 0.841. The molecule has 0 amide bonds. The zero-order chi connectivity index (χ0) is 10.8. The van der Waals surface area contributed by atoms with Crippen molar-refractivity contribution in [3.8, 4) is 0 Å². The molecule has 0 aliphatic heterocycles. The fourth-order valence-electron chi connectivity index (χ4n) is 1.92. The fraction of sp³-hybridized carbons (Fsp3) is 0.400. The lowest BCUT2D eigenvalue weighted by atomic mass is 9.94. The molecule has 1 aliphatic rings. The third kappa shape index (κ3) is 2.31. The Balaban J connectivity index is 2.36. The van der Waals surface area contributed by atoms with Gasteiger partial charge in [0.25, 0.3) is 0 Å². The first kappa shape index (κ1) is 10.5. The molecule has 0 heteroatoms. The van der Waals surface area contributed by atoms with Crippen LogP contribution in [0.3, 0.4) is 0 Å². The van der Waals surface area contributed by atoms with Gasteiger partial charge in [0, 0.05) is 5.92 Å². The lowest BCUT2D eigenvalue weighted by Crippen LogP contribution is -1.95. The molecule has 1 radical (unpaired) electrons. The number of rotatable bonds is 4. The van der Waals surface area contributed by atoms with Crippen LogP contribution < -0.4 is 0 Å². The first-order valence-electron chi connectivity index (χ1n) is 5.84. The van der Waals surface area contributed by atoms with Crippen LogP contribution in [0.5, 0.6) is 0 Å². The monoisotopic (exact) mass is 199 g/mol. The summed E-state index contributed by atoms with van der Waals surface area (Å²) in [6.45, 7) is 8.20. The van der Waals surface area contributed by atoms with Crippen LogP contribution in [0.25, 0.3) is 0 Å². The molecule has 0 aromatic heterocycles. The second-order valence-corrected chi connectivity index (χ2v) is 4.48. The van der Waals surface area contributed by atoms with Gasteiger partial charge in [-0.15, -0.1) is 6.58 Å². The summed E-state index contributed by atoms with van der Waals surface area (Å²) in [7, 11) is 0. The van der Waals surface area contributed by atoms with Gasteiger partial charge < -0.3 is 0 Å². The van der Waals surface area contributed by atoms with Crippen LogP contribution in [0.4, 0.5) is 0 Å². The average Bonchev–Trinajstić information content (AvgIpc) is 3.11. The molecule has 1 saturated carbocycles. The summed E-state index contributed by atoms with van der Waals surface area (Å²) >= 11 is 0. The molecular weight excluding hydrogens is 180 g/mol. The number of benzene rings is 1. The first-order chi connectivity index (χ1) is 7.24. The lowest BCUT2D eigenvalue weighted by Gasteiger charge is -2.11. The molecule has 1 aromatic carbocycles. The van der Waals surface area contributed by atoms with Crippen LogP contribution in [-0.4, -0.2) is 0 Å². The number of hydrogen-bond donors (Lipinski definition) is 0. The van der Waals surface area contributed by atoms with Crippen molar-refractivity contribution >= 4 is 0 Å². The van der Waals surface area contributed by atoms with Gasteiger partial charge in [-0.25, -0.2) is 0 Å². The van der Waals surface area contributed by atoms with Crippen LogP contribution in [0, 0.1) is 5.92 Å². The SMILES string of the molecule is C=C[C](C)c1cc(CC)cc(C2CC2)c1. The third-order valence-electron chi connectivity index (χ3n) is 3.23. The highest BCUT2D eigenvalue weighted by Gasteiger charge is 2.24. The quantitative estimate of drug-likeness (QED) is 0.680. The molecule has 0 spiro atoms. The number of allylic oxidation sites excluding steroid dienone is 1. The summed E-state index contributed by atoms with van der Waals surface area (Å²) < 4.78 is 0. The molecular formula is C15H19. The van der Waals surface area contributed by atoms with Gasteiger partial charge in [0.15, 0.2) is 0 Å². The minimum absolute atomic E-state index is 0.841. The number of aryl methyl sites for hydroxylation is 1. The second-order valence-electron chi connectivity index (χ2n) is 4.48. The number of hydrogen-bond acceptors (Lipinski definition) is 0. The maximum Gasteiger partial charge on any atom is 0.0230 e. The molecule has 15 heavy (non-hydrogen) atoms. The van der Waals surface area contributed by atoms with Crippen molar-refractivity contribution in [3.63, 3.8) is 0 Å². The van der Waals surface area contributed by atoms with E-state index in [0.29, 0.717) is 0 Å². The Hall–Kier alpha value is -1.04. The highest BCUT2D eigenvalue weighted by atomic mass is 14.3. The van der Waals surface area contributed by atoms with E-state index in [9.17, 15) is 0 Å². The van der Waals surface area contributed by atoms with E-state index in [1.54, 1.807) is 0 Å². The van der Waals surface area contributed by atoms with Crippen LogP contribution in [0.15, 0.2) is 30.9 Å². The van der Waals surface area contributed by atoms with Crippen molar-refractivity contribution in [2.45, 2.75) is 39.0 Å². The zero-order valence-electron chi connectivity index (χ0n) is 9.72. The summed E-state index contributed by atoms with van der Waals surface area (Å²) in [6.07, 6.45) is 5.82. The standard InChI is InChI=1S/C15H19/c1-4-11(3)14-8-12(5-2)9-15(10-14)13-6-7-13/h4,8-10,13H,1,5-7H2,2-3H3. The van der Waals surface area contributed by atoms with Crippen molar-refractivity contribution in [2.24, 2.45) is 0 Å². The molecule has 1 aliphatic carbocycles. The maximum absolute atomic E-state index is 3.85. The van der Waals surface area contributed by atoms with E-state index in [1.807, 2.05) is 6.08 Å². The molecule has 0 N–H and O–H groups in total. The van der Waals surface area contributed by atoms with Crippen LogP contribution in [0.2, 0.25) is 0 Å². The van der Waals surface area contributed by atoms with Gasteiger partial charge in [0.2, 0.25) is 0 Å². The van der Waals surface area contributed by atoms with E-state index in [0.717, 1.165) is 12.3 Å². The zero-order valence-corrected chi connectivity index (χ0v) is 9.72. The first-order valence-corrected chi connectivity index (χ1v) is 5.84. The molecule has 0 bridgehead atoms. The van der Waals surface area contributed by atoms with E-state index in [4.69, 9.17) is 0 Å². The molecule has 1 aromatic rings. The smallest absolute Gasteiger partial charge is 0.0230 e. The van der Waals surface area contributed by atoms with E-state index in [-0.39, 0.29) is 0 Å². The maximum atomic E-state index is 3.85. The van der Waals surface area contributed by atoms with Crippen LogP contribution in [0.1, 0.15) is 49.3 Å². The molecule has 0 saturated heterocycles. The summed E-state index contributed by atoms with van der Waals surface area (Å²) in [6, 6.07) is 7.01. The van der Waals surface area contributed by atoms with E-state index >= 15 is 0 Å². The highest BCUT2D eigenvalue weighted by molar-refractivity contribution is 5.43. The van der Waals surface area contributed by atoms with Crippen molar-refractivity contribution in [1.82, 2.24) is 0 Å². The van der Waals surface area contributed by atoms with Crippen molar-refractivity contribution < 1.29 is 0 Å². The second kappa shape index (κ2) is 4.22.